The number of rotatable bonds is 25. The van der Waals surface area contributed by atoms with Gasteiger partial charge in [0.25, 0.3) is 0 Å². The number of pyridine rings is 1. The first-order valence-corrected chi connectivity index (χ1v) is 19.0. The number of alkyl carbamates (subject to hydrolysis) is 1. The molecule has 1 aliphatic rings. The zero-order chi connectivity index (χ0) is 34.9. The molecule has 49 heavy (non-hydrogen) atoms. The number of aromatic nitrogens is 1. The van der Waals surface area contributed by atoms with Crippen LogP contribution in [-0.4, -0.2) is 58.6 Å². The predicted molar refractivity (Wildman–Crippen MR) is 195 cm³/mol. The molecule has 2 heterocycles. The van der Waals surface area contributed by atoms with Crippen LogP contribution in [0.5, 0.6) is 0 Å². The Labute approximate surface area is 295 Å². The Hall–Kier alpha value is -3.46. The molecule has 1 aromatic carbocycles. The molecule has 3 rings (SSSR count). The molecule has 0 saturated carbocycles. The van der Waals surface area contributed by atoms with Gasteiger partial charge in [-0.25, -0.2) is 14.5 Å². The van der Waals surface area contributed by atoms with Crippen molar-refractivity contribution in [1.29, 1.82) is 0 Å². The number of carbonyl (C=O) groups excluding carboxylic acids is 3. The first kappa shape index (κ1) is 40.0. The van der Waals surface area contributed by atoms with E-state index in [1.165, 1.54) is 96.8 Å². The van der Waals surface area contributed by atoms with E-state index >= 15 is 0 Å². The Morgan fingerprint density at radius 3 is 1.92 bits per heavy atom. The van der Waals surface area contributed by atoms with Crippen molar-refractivity contribution in [3.05, 3.63) is 65.5 Å². The van der Waals surface area contributed by atoms with Crippen molar-refractivity contribution >= 4 is 18.1 Å². The lowest BCUT2D eigenvalue weighted by molar-refractivity contribution is -0.128. The molecule has 0 radical (unpaired) electrons. The summed E-state index contributed by atoms with van der Waals surface area (Å²) in [6.07, 6.45) is 22.9. The molecule has 1 aromatic heterocycles. The second-order valence-electron chi connectivity index (χ2n) is 13.5. The maximum Gasteiger partial charge on any atom is 0.416 e. The Kier molecular flexibility index (Phi) is 20.1. The summed E-state index contributed by atoms with van der Waals surface area (Å²) in [7, 11) is 0. The Bertz CT molecular complexity index is 1190. The number of nitrogens with one attached hydrogen (secondary N) is 1. The van der Waals surface area contributed by atoms with Crippen LogP contribution < -0.4 is 5.32 Å². The summed E-state index contributed by atoms with van der Waals surface area (Å²) in [5.41, 5.74) is 2.70. The molecule has 1 unspecified atom stereocenters. The number of hydrogen-bond acceptors (Lipinski definition) is 7. The molecule has 9 heteroatoms. The van der Waals surface area contributed by atoms with Crippen molar-refractivity contribution in [2.75, 3.05) is 19.7 Å². The van der Waals surface area contributed by atoms with Crippen LogP contribution in [0.15, 0.2) is 48.7 Å². The normalized spacial score (nSPS) is 14.2. The third-order valence-corrected chi connectivity index (χ3v) is 9.39. The summed E-state index contributed by atoms with van der Waals surface area (Å²) < 4.78 is 10.9. The van der Waals surface area contributed by atoms with E-state index < -0.39 is 6.09 Å². The van der Waals surface area contributed by atoms with Crippen LogP contribution in [-0.2, 0) is 34.0 Å². The second-order valence-corrected chi connectivity index (χ2v) is 13.5. The Balaban J connectivity index is 1.17. The first-order valence-electron chi connectivity index (χ1n) is 19.0. The number of ether oxygens (including phenoxy) is 2. The quantitative estimate of drug-likeness (QED) is 0.104. The van der Waals surface area contributed by atoms with E-state index in [9.17, 15) is 14.4 Å². The highest BCUT2D eigenvalue weighted by Gasteiger charge is 2.30. The highest BCUT2D eigenvalue weighted by atomic mass is 16.6. The van der Waals surface area contributed by atoms with E-state index in [2.05, 4.69) is 22.1 Å². The number of amides is 3. The summed E-state index contributed by atoms with van der Waals surface area (Å²) in [4.78, 5) is 44.4. The van der Waals surface area contributed by atoms with Gasteiger partial charge in [-0.2, -0.15) is 0 Å². The Morgan fingerprint density at radius 2 is 1.39 bits per heavy atom. The lowest BCUT2D eigenvalue weighted by Gasteiger charge is -2.40. The van der Waals surface area contributed by atoms with Gasteiger partial charge in [0.15, 0.2) is 0 Å². The summed E-state index contributed by atoms with van der Waals surface area (Å²) in [6.45, 7) is 6.47. The minimum atomic E-state index is -0.650. The number of hydrogen-bond donors (Lipinski definition) is 1. The van der Waals surface area contributed by atoms with Crippen LogP contribution >= 0.6 is 0 Å². The molecule has 0 bridgehead atoms. The summed E-state index contributed by atoms with van der Waals surface area (Å²) in [5.74, 6) is -0.377. The largest absolute Gasteiger partial charge is 0.447 e. The van der Waals surface area contributed by atoms with Gasteiger partial charge >= 0.3 is 12.2 Å². The van der Waals surface area contributed by atoms with Crippen molar-refractivity contribution in [3.63, 3.8) is 0 Å². The minimum Gasteiger partial charge on any atom is -0.447 e. The van der Waals surface area contributed by atoms with Crippen molar-refractivity contribution in [2.45, 2.75) is 149 Å². The van der Waals surface area contributed by atoms with Crippen molar-refractivity contribution in [1.82, 2.24) is 20.1 Å². The third kappa shape index (κ3) is 17.2. The topological polar surface area (TPSA) is 101 Å². The molecule has 1 saturated heterocycles. The van der Waals surface area contributed by atoms with Gasteiger partial charge in [-0.05, 0) is 36.1 Å². The molecule has 2 aromatic rings. The second kappa shape index (κ2) is 24.6. The van der Waals surface area contributed by atoms with Gasteiger partial charge in [-0.15, -0.1) is 0 Å². The first-order chi connectivity index (χ1) is 24.0. The van der Waals surface area contributed by atoms with Crippen molar-refractivity contribution in [3.8, 4) is 0 Å². The Morgan fingerprint density at radius 1 is 0.796 bits per heavy atom. The fourth-order valence-corrected chi connectivity index (χ4v) is 6.13. The van der Waals surface area contributed by atoms with Gasteiger partial charge in [-0.3, -0.25) is 14.7 Å². The molecule has 1 fully saturated rings. The van der Waals surface area contributed by atoms with Crippen LogP contribution in [0.25, 0.3) is 0 Å². The number of unbranched alkanes of at least 4 members (excludes halogenated alkanes) is 15. The van der Waals surface area contributed by atoms with Crippen molar-refractivity contribution in [2.24, 2.45) is 0 Å². The fourth-order valence-electron chi connectivity index (χ4n) is 6.13. The smallest absolute Gasteiger partial charge is 0.416 e. The summed E-state index contributed by atoms with van der Waals surface area (Å²) >= 11 is 0. The number of likely N-dealkylation sites (tertiary alicyclic amines) is 1. The van der Waals surface area contributed by atoms with Crippen LogP contribution in [0.3, 0.4) is 0 Å². The van der Waals surface area contributed by atoms with E-state index in [1.54, 1.807) is 18.3 Å². The zero-order valence-electron chi connectivity index (χ0n) is 30.3. The van der Waals surface area contributed by atoms with Gasteiger partial charge in [0, 0.05) is 38.8 Å². The van der Waals surface area contributed by atoms with Crippen molar-refractivity contribution < 1.29 is 23.9 Å². The zero-order valence-corrected chi connectivity index (χ0v) is 30.3. The van der Waals surface area contributed by atoms with Gasteiger partial charge in [0.2, 0.25) is 5.91 Å². The molecule has 1 atom stereocenters. The lowest BCUT2D eigenvalue weighted by atomic mass is 10.0. The average molecular weight is 679 g/mol. The highest BCUT2D eigenvalue weighted by molar-refractivity contribution is 5.90. The number of benzene rings is 1. The van der Waals surface area contributed by atoms with E-state index in [0.717, 1.165) is 48.4 Å². The standard InChI is InChI=1S/C40H62N4O5/c1-3-4-5-6-7-8-9-10-11-12-13-14-15-16-17-19-28-42-39(46)48-32-36-24-22-35(23-25-36)30-43-29-26-38(43)33-49-40(47)44(34(2)45)31-37-21-18-20-27-41-37/h18,20-25,27,38H,3-17,19,26,28-33H2,1-2H3,(H,42,46). The van der Waals surface area contributed by atoms with Gasteiger partial charge in [0.05, 0.1) is 12.2 Å². The molecule has 3 amide bonds. The molecular formula is C40H62N4O5. The van der Waals surface area contributed by atoms with Crippen LogP contribution in [0, 0.1) is 0 Å². The number of imide groups is 1. The maximum atomic E-state index is 12.6. The van der Waals surface area contributed by atoms with Gasteiger partial charge in [-0.1, -0.05) is 134 Å². The van der Waals surface area contributed by atoms with Crippen LogP contribution in [0.4, 0.5) is 9.59 Å². The average Bonchev–Trinajstić information content (AvgIpc) is 3.10. The molecular weight excluding hydrogens is 616 g/mol. The SMILES string of the molecule is CCCCCCCCCCCCCCCCCCNC(=O)OCc1ccc(CN2CCC2COC(=O)N(Cc2ccccn2)C(C)=O)cc1. The maximum absolute atomic E-state index is 12.6. The van der Waals surface area contributed by atoms with Crippen LogP contribution in [0.2, 0.25) is 0 Å². The monoisotopic (exact) mass is 678 g/mol. The van der Waals surface area contributed by atoms with Crippen LogP contribution in [0.1, 0.15) is 140 Å². The molecule has 1 aliphatic heterocycles. The van der Waals surface area contributed by atoms with E-state index in [0.29, 0.717) is 12.2 Å². The van der Waals surface area contributed by atoms with E-state index in [-0.39, 0.29) is 37.8 Å². The van der Waals surface area contributed by atoms with Gasteiger partial charge in [0.1, 0.15) is 13.2 Å². The number of carbonyl (C=O) groups is 3. The fraction of sp³-hybridized carbons (Fsp3) is 0.650. The van der Waals surface area contributed by atoms with E-state index in [4.69, 9.17) is 9.47 Å². The number of nitrogens with zero attached hydrogens (tertiary/aromatic N) is 3. The third-order valence-electron chi connectivity index (χ3n) is 9.39. The molecule has 9 nitrogen and oxygen atoms in total. The predicted octanol–water partition coefficient (Wildman–Crippen LogP) is 9.33. The minimum absolute atomic E-state index is 0.0840. The molecule has 0 spiro atoms. The molecule has 0 aliphatic carbocycles. The highest BCUT2D eigenvalue weighted by Crippen LogP contribution is 2.22. The molecule has 1 N–H and O–H groups in total. The molecule has 272 valence electrons. The lowest BCUT2D eigenvalue weighted by Crippen LogP contribution is -2.50. The summed E-state index contributed by atoms with van der Waals surface area (Å²) in [5, 5.41) is 2.88. The van der Waals surface area contributed by atoms with E-state index in [1.807, 2.05) is 30.3 Å². The van der Waals surface area contributed by atoms with Gasteiger partial charge < -0.3 is 14.8 Å². The summed E-state index contributed by atoms with van der Waals surface area (Å²) in [6, 6.07) is 13.5.